The highest BCUT2D eigenvalue weighted by molar-refractivity contribution is 8.68. The highest BCUT2D eigenvalue weighted by Crippen LogP contribution is 2.30. The lowest BCUT2D eigenvalue weighted by atomic mass is 9.86. The molecule has 0 heterocycles. The average Bonchev–Trinajstić information content (AvgIpc) is 1.59. The van der Waals surface area contributed by atoms with E-state index >= 15 is 0 Å². The van der Waals surface area contributed by atoms with Crippen molar-refractivity contribution in [3.05, 3.63) is 0 Å². The lowest BCUT2D eigenvalue weighted by Crippen LogP contribution is -2.16. The van der Waals surface area contributed by atoms with E-state index in [0.29, 0.717) is 5.41 Å². The summed E-state index contributed by atoms with van der Waals surface area (Å²) in [6.07, 6.45) is 1.29. The predicted octanol–water partition coefficient (Wildman–Crippen LogP) is 3.64. The Balaban J connectivity index is 3.63. The third-order valence-corrected chi connectivity index (χ3v) is 2.71. The van der Waals surface area contributed by atoms with Gasteiger partial charge in [-0.1, -0.05) is 38.5 Å². The molecule has 0 N–H and O–H groups in total. The van der Waals surface area contributed by atoms with Crippen molar-refractivity contribution in [2.24, 2.45) is 11.3 Å². The summed E-state index contributed by atoms with van der Waals surface area (Å²) in [6.45, 7) is 9.14. The quantitative estimate of drug-likeness (QED) is 0.506. The van der Waals surface area contributed by atoms with Crippen LogP contribution in [0.25, 0.3) is 0 Å². The van der Waals surface area contributed by atoms with Crippen LogP contribution in [0.5, 0.6) is 0 Å². The molecule has 0 aromatic carbocycles. The Labute approximate surface area is 74.0 Å². The Hall–Kier alpha value is 0.700. The van der Waals surface area contributed by atoms with Gasteiger partial charge < -0.3 is 0 Å². The van der Waals surface area contributed by atoms with E-state index in [1.54, 1.807) is 10.8 Å². The standard InChI is InChI=1S/C8H18S2/c1-7(2)5-8(3,4)6-10-9/h7,9H,5-6H2,1-4H3. The summed E-state index contributed by atoms with van der Waals surface area (Å²) in [5.74, 6) is 1.95. The smallest absolute Gasteiger partial charge is 0.00859 e. The van der Waals surface area contributed by atoms with Crippen molar-refractivity contribution in [1.82, 2.24) is 0 Å². The third-order valence-electron chi connectivity index (χ3n) is 1.42. The average molecular weight is 178 g/mol. The highest BCUT2D eigenvalue weighted by Gasteiger charge is 2.18. The summed E-state index contributed by atoms with van der Waals surface area (Å²) >= 11 is 4.15. The number of hydrogen-bond donors (Lipinski definition) is 1. The summed E-state index contributed by atoms with van der Waals surface area (Å²) in [4.78, 5) is 0. The van der Waals surface area contributed by atoms with Gasteiger partial charge >= 0.3 is 0 Å². The molecule has 0 aliphatic rings. The fourth-order valence-corrected chi connectivity index (χ4v) is 2.85. The molecule has 0 nitrogen and oxygen atoms in total. The maximum absolute atomic E-state index is 4.15. The molecule has 0 unspecified atom stereocenters. The van der Waals surface area contributed by atoms with Crippen LogP contribution in [-0.4, -0.2) is 5.75 Å². The SMILES string of the molecule is CC(C)CC(C)(C)CSS. The van der Waals surface area contributed by atoms with Gasteiger partial charge in [-0.25, -0.2) is 0 Å². The molecule has 0 aromatic heterocycles. The molecule has 0 bridgehead atoms. The van der Waals surface area contributed by atoms with Gasteiger partial charge in [0.15, 0.2) is 0 Å². The number of hydrogen-bond acceptors (Lipinski definition) is 2. The van der Waals surface area contributed by atoms with Gasteiger partial charge in [-0.2, -0.15) is 0 Å². The van der Waals surface area contributed by atoms with Gasteiger partial charge in [0, 0.05) is 5.75 Å². The van der Waals surface area contributed by atoms with E-state index in [1.165, 1.54) is 6.42 Å². The van der Waals surface area contributed by atoms with E-state index in [-0.39, 0.29) is 0 Å². The maximum Gasteiger partial charge on any atom is 0.00859 e. The number of rotatable bonds is 4. The Bertz CT molecular complexity index is 87.3. The monoisotopic (exact) mass is 178 g/mol. The molecule has 62 valence electrons. The van der Waals surface area contributed by atoms with Crippen LogP contribution in [0.2, 0.25) is 0 Å². The zero-order valence-electron chi connectivity index (χ0n) is 7.35. The van der Waals surface area contributed by atoms with Crippen LogP contribution in [0.3, 0.4) is 0 Å². The molecule has 0 amide bonds. The molecule has 0 aromatic rings. The second kappa shape index (κ2) is 4.55. The van der Waals surface area contributed by atoms with Crippen molar-refractivity contribution in [3.63, 3.8) is 0 Å². The van der Waals surface area contributed by atoms with Crippen molar-refractivity contribution < 1.29 is 0 Å². The van der Waals surface area contributed by atoms with Crippen molar-refractivity contribution >= 4 is 22.5 Å². The first-order valence-electron chi connectivity index (χ1n) is 3.74. The topological polar surface area (TPSA) is 0 Å². The highest BCUT2D eigenvalue weighted by atomic mass is 33.1. The molecule has 2 heteroatoms. The first-order chi connectivity index (χ1) is 4.48. The predicted molar refractivity (Wildman–Crippen MR) is 54.7 cm³/mol. The fourth-order valence-electron chi connectivity index (χ4n) is 1.34. The fraction of sp³-hybridized carbons (Fsp3) is 1.00. The minimum absolute atomic E-state index is 0.459. The third kappa shape index (κ3) is 5.48. The van der Waals surface area contributed by atoms with Crippen LogP contribution in [0, 0.1) is 11.3 Å². The van der Waals surface area contributed by atoms with E-state index < -0.39 is 0 Å². The Morgan fingerprint density at radius 1 is 1.40 bits per heavy atom. The molecule has 0 saturated heterocycles. The molecule has 0 aliphatic carbocycles. The summed E-state index contributed by atoms with van der Waals surface area (Å²) in [5, 5.41) is 0. The van der Waals surface area contributed by atoms with Crippen LogP contribution in [0.1, 0.15) is 34.1 Å². The number of thiol groups is 1. The zero-order valence-corrected chi connectivity index (χ0v) is 9.06. The van der Waals surface area contributed by atoms with Gasteiger partial charge in [0.1, 0.15) is 0 Å². The zero-order chi connectivity index (χ0) is 8.20. The second-order valence-corrected chi connectivity index (χ2v) is 5.36. The van der Waals surface area contributed by atoms with E-state index in [9.17, 15) is 0 Å². The Morgan fingerprint density at radius 3 is 2.20 bits per heavy atom. The molecular formula is C8H18S2. The van der Waals surface area contributed by atoms with E-state index in [2.05, 4.69) is 39.4 Å². The molecular weight excluding hydrogens is 160 g/mol. The molecule has 0 radical (unpaired) electrons. The van der Waals surface area contributed by atoms with Gasteiger partial charge in [0.2, 0.25) is 0 Å². The summed E-state index contributed by atoms with van der Waals surface area (Å²) in [6, 6.07) is 0. The molecule has 0 saturated carbocycles. The van der Waals surface area contributed by atoms with Gasteiger partial charge in [0.25, 0.3) is 0 Å². The van der Waals surface area contributed by atoms with Crippen LogP contribution in [0.15, 0.2) is 0 Å². The lowest BCUT2D eigenvalue weighted by molar-refractivity contribution is 0.328. The molecule has 0 fully saturated rings. The normalized spacial score (nSPS) is 12.6. The minimum atomic E-state index is 0.459. The molecule has 0 atom stereocenters. The van der Waals surface area contributed by atoms with Gasteiger partial charge in [-0.3, -0.25) is 0 Å². The van der Waals surface area contributed by atoms with E-state index in [1.807, 2.05) is 0 Å². The Morgan fingerprint density at radius 2 is 1.90 bits per heavy atom. The minimum Gasteiger partial charge on any atom is -0.111 e. The molecule has 0 aliphatic heterocycles. The van der Waals surface area contributed by atoms with Crippen LogP contribution in [-0.2, 0) is 0 Å². The summed E-state index contributed by atoms with van der Waals surface area (Å²) in [7, 11) is 1.64. The van der Waals surface area contributed by atoms with Crippen molar-refractivity contribution in [2.45, 2.75) is 34.1 Å². The van der Waals surface area contributed by atoms with Crippen LogP contribution >= 0.6 is 22.5 Å². The van der Waals surface area contributed by atoms with E-state index in [0.717, 1.165) is 11.7 Å². The maximum atomic E-state index is 4.15. The van der Waals surface area contributed by atoms with Gasteiger partial charge in [-0.05, 0) is 17.8 Å². The first-order valence-corrected chi connectivity index (χ1v) is 5.78. The van der Waals surface area contributed by atoms with E-state index in [4.69, 9.17) is 0 Å². The van der Waals surface area contributed by atoms with Gasteiger partial charge in [-0.15, -0.1) is 11.7 Å². The van der Waals surface area contributed by atoms with Crippen molar-refractivity contribution in [2.75, 3.05) is 5.75 Å². The first kappa shape index (κ1) is 10.7. The van der Waals surface area contributed by atoms with Crippen LogP contribution < -0.4 is 0 Å². The lowest BCUT2D eigenvalue weighted by Gasteiger charge is -2.24. The second-order valence-electron chi connectivity index (χ2n) is 4.04. The largest absolute Gasteiger partial charge is 0.111 e. The molecule has 0 rings (SSSR count). The van der Waals surface area contributed by atoms with Crippen LogP contribution in [0.4, 0.5) is 0 Å². The Kier molecular flexibility index (Phi) is 4.87. The molecule has 10 heavy (non-hydrogen) atoms. The van der Waals surface area contributed by atoms with Gasteiger partial charge in [0.05, 0.1) is 0 Å². The summed E-state index contributed by atoms with van der Waals surface area (Å²) < 4.78 is 0. The molecule has 0 spiro atoms. The van der Waals surface area contributed by atoms with Crippen molar-refractivity contribution in [3.8, 4) is 0 Å². The summed E-state index contributed by atoms with van der Waals surface area (Å²) in [5.41, 5.74) is 0.459. The van der Waals surface area contributed by atoms with Crippen molar-refractivity contribution in [1.29, 1.82) is 0 Å².